The minimum Gasteiger partial charge on any atom is -0.367 e. The quantitative estimate of drug-likeness (QED) is 0.314. The predicted octanol–water partition coefficient (Wildman–Crippen LogP) is 4.21. The number of aldehydes is 1. The van der Waals surface area contributed by atoms with E-state index in [4.69, 9.17) is 0 Å². The molecule has 0 bridgehead atoms. The molecular formula is C30H31F4N7O3. The van der Waals surface area contributed by atoms with Gasteiger partial charge in [-0.3, -0.25) is 19.3 Å². The van der Waals surface area contributed by atoms with Crippen LogP contribution in [0, 0.1) is 5.82 Å². The molecule has 2 aliphatic heterocycles. The number of nitrogens with one attached hydrogen (secondary N) is 2. The molecule has 2 unspecified atom stereocenters. The molecule has 2 aromatic heterocycles. The van der Waals surface area contributed by atoms with Gasteiger partial charge >= 0.3 is 6.18 Å². The maximum atomic E-state index is 15.8. The first kappa shape index (κ1) is 30.9. The van der Waals surface area contributed by atoms with Crippen molar-refractivity contribution in [1.82, 2.24) is 19.9 Å². The van der Waals surface area contributed by atoms with Crippen molar-refractivity contribution in [1.29, 1.82) is 0 Å². The maximum absolute atomic E-state index is 15.8. The van der Waals surface area contributed by atoms with E-state index in [0.29, 0.717) is 67.7 Å². The molecule has 5 rings (SSSR count). The van der Waals surface area contributed by atoms with Crippen LogP contribution in [-0.4, -0.2) is 77.4 Å². The van der Waals surface area contributed by atoms with Crippen LogP contribution in [0.3, 0.4) is 0 Å². The van der Waals surface area contributed by atoms with Crippen LogP contribution < -0.4 is 20.7 Å². The number of rotatable bonds is 6. The SMILES string of the molecule is CC1CN(c2cc(F)c(C3=CCN(c4ncc(C=O)cn4)CC3)cc2NC(=O)c2c[nH]c(=O)cc2C(F)(F)F)CC(C)N1C. The third-order valence-electron chi connectivity index (χ3n) is 8.14. The van der Waals surface area contributed by atoms with E-state index < -0.39 is 34.6 Å². The molecule has 4 heterocycles. The summed E-state index contributed by atoms with van der Waals surface area (Å²) in [6, 6.07) is 3.25. The minimum atomic E-state index is -4.95. The highest BCUT2D eigenvalue weighted by Crippen LogP contribution is 2.37. The zero-order chi connectivity index (χ0) is 31.8. The number of hydrogen-bond donors (Lipinski definition) is 2. The average molecular weight is 614 g/mol. The molecule has 3 aromatic rings. The number of H-pyrrole nitrogens is 1. The fourth-order valence-corrected chi connectivity index (χ4v) is 5.51. The van der Waals surface area contributed by atoms with E-state index in [1.165, 1.54) is 24.5 Å². The summed E-state index contributed by atoms with van der Waals surface area (Å²) >= 11 is 0. The number of aromatic nitrogens is 3. The summed E-state index contributed by atoms with van der Waals surface area (Å²) in [5, 5.41) is 2.58. The van der Waals surface area contributed by atoms with Crippen molar-refractivity contribution < 1.29 is 27.2 Å². The van der Waals surface area contributed by atoms with Crippen LogP contribution in [0.5, 0.6) is 0 Å². The summed E-state index contributed by atoms with van der Waals surface area (Å²) in [5.74, 6) is -1.22. The Hall–Kier alpha value is -4.59. The molecule has 14 heteroatoms. The number of benzene rings is 1. The monoisotopic (exact) mass is 613 g/mol. The topological polar surface area (TPSA) is 115 Å². The summed E-state index contributed by atoms with van der Waals surface area (Å²) in [4.78, 5) is 52.3. The average Bonchev–Trinajstić information content (AvgIpc) is 3.00. The zero-order valence-corrected chi connectivity index (χ0v) is 24.3. The number of hydrogen-bond acceptors (Lipinski definition) is 8. The van der Waals surface area contributed by atoms with Gasteiger partial charge in [-0.15, -0.1) is 0 Å². The van der Waals surface area contributed by atoms with Gasteiger partial charge in [-0.25, -0.2) is 14.4 Å². The van der Waals surface area contributed by atoms with E-state index in [-0.39, 0.29) is 23.3 Å². The molecule has 232 valence electrons. The Morgan fingerprint density at radius 3 is 2.36 bits per heavy atom. The number of halogens is 4. The fourth-order valence-electron chi connectivity index (χ4n) is 5.51. The number of nitrogens with zero attached hydrogens (tertiary/aromatic N) is 5. The Labute approximate surface area is 250 Å². The van der Waals surface area contributed by atoms with Gasteiger partial charge in [-0.1, -0.05) is 6.08 Å². The highest BCUT2D eigenvalue weighted by Gasteiger charge is 2.36. The molecule has 2 N–H and O–H groups in total. The van der Waals surface area contributed by atoms with Gasteiger partial charge in [0.2, 0.25) is 11.5 Å². The van der Waals surface area contributed by atoms with E-state index in [1.54, 1.807) is 6.08 Å². The van der Waals surface area contributed by atoms with E-state index in [0.717, 1.165) is 6.20 Å². The van der Waals surface area contributed by atoms with Crippen molar-refractivity contribution in [2.75, 3.05) is 48.3 Å². The van der Waals surface area contributed by atoms with E-state index >= 15 is 4.39 Å². The highest BCUT2D eigenvalue weighted by molar-refractivity contribution is 6.07. The fraction of sp³-hybridized carbons (Fsp3) is 0.367. The third kappa shape index (κ3) is 6.34. The molecule has 10 nitrogen and oxygen atoms in total. The second-order valence-electron chi connectivity index (χ2n) is 11.1. The number of carbonyl (C=O) groups is 2. The first-order valence-electron chi connectivity index (χ1n) is 14.0. The van der Waals surface area contributed by atoms with Gasteiger partial charge in [-0.2, -0.15) is 13.2 Å². The van der Waals surface area contributed by atoms with Crippen LogP contribution in [-0.2, 0) is 6.18 Å². The predicted molar refractivity (Wildman–Crippen MR) is 158 cm³/mol. The molecule has 1 amide bonds. The van der Waals surface area contributed by atoms with Gasteiger partial charge in [0, 0.05) is 68.5 Å². The van der Waals surface area contributed by atoms with Crippen molar-refractivity contribution in [2.45, 2.75) is 38.5 Å². The largest absolute Gasteiger partial charge is 0.417 e. The molecule has 0 radical (unpaired) electrons. The van der Waals surface area contributed by atoms with Gasteiger partial charge in [0.1, 0.15) is 5.82 Å². The number of likely N-dealkylation sites (N-methyl/N-ethyl adjacent to an activating group) is 1. The van der Waals surface area contributed by atoms with Gasteiger partial charge in [-0.05, 0) is 45.0 Å². The highest BCUT2D eigenvalue weighted by atomic mass is 19.4. The molecular weight excluding hydrogens is 582 g/mol. The van der Waals surface area contributed by atoms with Crippen molar-refractivity contribution in [2.24, 2.45) is 0 Å². The molecule has 0 aliphatic carbocycles. The number of piperazine rings is 1. The number of amides is 1. The van der Waals surface area contributed by atoms with Crippen LogP contribution in [0.25, 0.3) is 5.57 Å². The molecule has 1 aromatic carbocycles. The van der Waals surface area contributed by atoms with Gasteiger partial charge in [0.25, 0.3) is 5.91 Å². The number of pyridine rings is 1. The number of alkyl halides is 3. The summed E-state index contributed by atoms with van der Waals surface area (Å²) in [5.41, 5.74) is -1.46. The lowest BCUT2D eigenvalue weighted by molar-refractivity contribution is -0.138. The third-order valence-corrected chi connectivity index (χ3v) is 8.14. The lowest BCUT2D eigenvalue weighted by Crippen LogP contribution is -2.55. The molecule has 44 heavy (non-hydrogen) atoms. The van der Waals surface area contributed by atoms with E-state index in [9.17, 15) is 27.6 Å². The van der Waals surface area contributed by atoms with Crippen LogP contribution in [0.1, 0.15) is 52.1 Å². The van der Waals surface area contributed by atoms with Crippen molar-refractivity contribution in [3.63, 3.8) is 0 Å². The summed E-state index contributed by atoms with van der Waals surface area (Å²) in [6.45, 7) is 5.80. The van der Waals surface area contributed by atoms with Gasteiger partial charge in [0.05, 0.1) is 28.1 Å². The summed E-state index contributed by atoms with van der Waals surface area (Å²) in [7, 11) is 1.98. The molecule has 2 aliphatic rings. The Balaban J connectivity index is 1.51. The molecule has 1 fully saturated rings. The minimum absolute atomic E-state index is 0.0796. The number of aromatic amines is 1. The van der Waals surface area contributed by atoms with E-state index in [2.05, 4.69) is 25.2 Å². The molecule has 1 saturated heterocycles. The normalized spacial score (nSPS) is 19.5. The van der Waals surface area contributed by atoms with Crippen molar-refractivity contribution in [3.8, 4) is 0 Å². The molecule has 2 atom stereocenters. The Morgan fingerprint density at radius 2 is 1.77 bits per heavy atom. The second kappa shape index (κ2) is 12.2. The van der Waals surface area contributed by atoms with Gasteiger partial charge < -0.3 is 20.1 Å². The van der Waals surface area contributed by atoms with Crippen LogP contribution in [0.15, 0.2) is 47.7 Å². The standard InChI is InChI=1S/C30H31F4N7O3/c1-17-14-41(15-18(2)39(17)3)26-10-24(31)21(20-4-6-40(7-5-20)29-36-11-19(16-42)12-37-29)8-25(26)38-28(44)22-13-35-27(43)9-23(22)30(32,33)34/h4,8-13,16-18H,5-7,14-15H2,1-3H3,(H,35,43)(H,38,44). The lowest BCUT2D eigenvalue weighted by atomic mass is 9.97. The Bertz CT molecular complexity index is 1640. The second-order valence-corrected chi connectivity index (χ2v) is 11.1. The van der Waals surface area contributed by atoms with Crippen LogP contribution in [0.2, 0.25) is 0 Å². The summed E-state index contributed by atoms with van der Waals surface area (Å²) < 4.78 is 57.0. The first-order valence-corrected chi connectivity index (χ1v) is 14.0. The van der Waals surface area contributed by atoms with Crippen LogP contribution >= 0.6 is 0 Å². The summed E-state index contributed by atoms with van der Waals surface area (Å²) in [6.07, 6.45) is 1.44. The molecule has 0 spiro atoms. The number of carbonyl (C=O) groups excluding carboxylic acids is 2. The van der Waals surface area contributed by atoms with Crippen molar-refractivity contribution >= 4 is 35.1 Å². The Kier molecular flexibility index (Phi) is 8.55. The lowest BCUT2D eigenvalue weighted by Gasteiger charge is -2.44. The maximum Gasteiger partial charge on any atom is 0.417 e. The molecule has 0 saturated carbocycles. The van der Waals surface area contributed by atoms with Gasteiger partial charge in [0.15, 0.2) is 6.29 Å². The van der Waals surface area contributed by atoms with Crippen molar-refractivity contribution in [3.05, 3.63) is 81.3 Å². The zero-order valence-electron chi connectivity index (χ0n) is 24.3. The smallest absolute Gasteiger partial charge is 0.367 e. The number of anilines is 3. The van der Waals surface area contributed by atoms with Crippen LogP contribution in [0.4, 0.5) is 34.9 Å². The Morgan fingerprint density at radius 1 is 1.09 bits per heavy atom. The first-order chi connectivity index (χ1) is 20.8. The van der Waals surface area contributed by atoms with E-state index in [1.807, 2.05) is 30.7 Å².